The highest BCUT2D eigenvalue weighted by molar-refractivity contribution is 7.07. The van der Waals surface area contributed by atoms with Crippen LogP contribution >= 0.6 is 34.5 Å². The van der Waals surface area contributed by atoms with Gasteiger partial charge in [-0.1, -0.05) is 77.0 Å². The van der Waals surface area contributed by atoms with Gasteiger partial charge in [-0.3, -0.25) is 9.36 Å². The normalized spacial score (nSPS) is 14.5. The molecule has 49 heavy (non-hydrogen) atoms. The molecule has 0 aliphatic carbocycles. The zero-order chi connectivity index (χ0) is 34.8. The van der Waals surface area contributed by atoms with E-state index >= 15 is 0 Å². The first-order valence-corrected chi connectivity index (χ1v) is 17.3. The second kappa shape index (κ2) is 14.5. The standard InChI is InChI=1S/C38H34Cl2N2O6S/c1-6-46-37(44)33-22(4)41-38-42(34(33)27-13-14-30(48-21(2)3)31(19-27)45-5)36(43)32(49-38)18-24-16-28(39)35(29(40)17-24)47-20-23-11-12-25-9-7-8-10-26(25)15-23/h7-19,21,34H,6,20H2,1-5H3/b32-18-/t34-/m1/s1. The maximum atomic E-state index is 14.2. The molecule has 0 saturated heterocycles. The molecule has 0 amide bonds. The number of thiazole rings is 1. The Morgan fingerprint density at radius 3 is 2.43 bits per heavy atom. The van der Waals surface area contributed by atoms with Gasteiger partial charge < -0.3 is 18.9 Å². The van der Waals surface area contributed by atoms with E-state index in [9.17, 15) is 9.59 Å². The lowest BCUT2D eigenvalue weighted by atomic mass is 9.95. The van der Waals surface area contributed by atoms with Crippen molar-refractivity contribution in [3.05, 3.63) is 130 Å². The predicted octanol–water partition coefficient (Wildman–Crippen LogP) is 7.63. The highest BCUT2D eigenvalue weighted by Gasteiger charge is 2.34. The van der Waals surface area contributed by atoms with E-state index in [1.807, 2.05) is 50.2 Å². The first-order valence-electron chi connectivity index (χ1n) is 15.7. The lowest BCUT2D eigenvalue weighted by molar-refractivity contribution is -0.139. The number of aromatic nitrogens is 1. The molecule has 6 rings (SSSR count). The van der Waals surface area contributed by atoms with Crippen molar-refractivity contribution < 1.29 is 23.7 Å². The number of rotatable bonds is 10. The van der Waals surface area contributed by atoms with Gasteiger partial charge in [0.15, 0.2) is 22.0 Å². The molecular weight excluding hydrogens is 683 g/mol. The number of carbonyl (C=O) groups excluding carboxylic acids is 1. The van der Waals surface area contributed by atoms with Gasteiger partial charge in [0.25, 0.3) is 5.56 Å². The van der Waals surface area contributed by atoms with Crippen LogP contribution in [-0.4, -0.2) is 30.4 Å². The maximum absolute atomic E-state index is 14.2. The van der Waals surface area contributed by atoms with Crippen LogP contribution in [0.2, 0.25) is 10.0 Å². The average Bonchev–Trinajstić information content (AvgIpc) is 3.37. The average molecular weight is 718 g/mol. The van der Waals surface area contributed by atoms with Gasteiger partial charge >= 0.3 is 5.97 Å². The van der Waals surface area contributed by atoms with Crippen molar-refractivity contribution in [3.8, 4) is 17.2 Å². The minimum absolute atomic E-state index is 0.0816. The molecule has 0 radical (unpaired) electrons. The summed E-state index contributed by atoms with van der Waals surface area (Å²) < 4.78 is 24.9. The number of methoxy groups -OCH3 is 1. The highest BCUT2D eigenvalue weighted by atomic mass is 35.5. The molecule has 252 valence electrons. The van der Waals surface area contributed by atoms with E-state index < -0.39 is 12.0 Å². The lowest BCUT2D eigenvalue weighted by Gasteiger charge is -2.25. The number of nitrogens with zero attached hydrogens (tertiary/aromatic N) is 2. The molecule has 0 bridgehead atoms. The molecule has 0 N–H and O–H groups in total. The van der Waals surface area contributed by atoms with Crippen molar-refractivity contribution in [3.63, 3.8) is 0 Å². The van der Waals surface area contributed by atoms with Crippen LogP contribution < -0.4 is 29.1 Å². The summed E-state index contributed by atoms with van der Waals surface area (Å²) >= 11 is 14.5. The van der Waals surface area contributed by atoms with Crippen LogP contribution in [0.3, 0.4) is 0 Å². The largest absolute Gasteiger partial charge is 0.493 e. The number of esters is 1. The number of hydrogen-bond acceptors (Lipinski definition) is 8. The fourth-order valence-corrected chi connectivity index (χ4v) is 7.41. The SMILES string of the molecule is CCOC(=O)C1=C(C)N=c2s/c(=C\c3cc(Cl)c(OCc4ccc5ccccc5c4)c(Cl)c3)c(=O)n2[C@@H]1c1ccc(OC(C)C)c(OC)c1. The second-order valence-corrected chi connectivity index (χ2v) is 13.5. The summed E-state index contributed by atoms with van der Waals surface area (Å²) in [6.45, 7) is 7.75. The number of allylic oxidation sites excluding steroid dienone is 1. The number of halogens is 2. The lowest BCUT2D eigenvalue weighted by Crippen LogP contribution is -2.40. The Morgan fingerprint density at radius 2 is 1.73 bits per heavy atom. The molecule has 0 fully saturated rings. The zero-order valence-corrected chi connectivity index (χ0v) is 29.9. The van der Waals surface area contributed by atoms with Gasteiger partial charge in [0.1, 0.15) is 6.61 Å². The fraction of sp³-hybridized carbons (Fsp3) is 0.237. The summed E-state index contributed by atoms with van der Waals surface area (Å²) in [5.41, 5.74) is 2.59. The van der Waals surface area contributed by atoms with Crippen LogP contribution in [0.5, 0.6) is 17.2 Å². The first-order chi connectivity index (χ1) is 23.6. The molecule has 0 spiro atoms. The van der Waals surface area contributed by atoms with Crippen LogP contribution in [0.4, 0.5) is 0 Å². The molecule has 1 atom stereocenters. The number of carbonyl (C=O) groups is 1. The summed E-state index contributed by atoms with van der Waals surface area (Å²) in [4.78, 5) is 32.6. The van der Waals surface area contributed by atoms with E-state index in [4.69, 9.17) is 42.1 Å². The van der Waals surface area contributed by atoms with Crippen LogP contribution in [0, 0.1) is 0 Å². The van der Waals surface area contributed by atoms with Crippen molar-refractivity contribution >= 4 is 57.4 Å². The summed E-state index contributed by atoms with van der Waals surface area (Å²) in [6.07, 6.45) is 1.62. The Labute approximate surface area is 297 Å². The van der Waals surface area contributed by atoms with E-state index in [-0.39, 0.29) is 30.5 Å². The topological polar surface area (TPSA) is 88.4 Å². The summed E-state index contributed by atoms with van der Waals surface area (Å²) in [5, 5.41) is 2.87. The molecule has 1 aliphatic rings. The molecule has 5 aromatic rings. The monoisotopic (exact) mass is 716 g/mol. The molecule has 4 aromatic carbocycles. The van der Waals surface area contributed by atoms with Crippen LogP contribution in [-0.2, 0) is 16.1 Å². The van der Waals surface area contributed by atoms with E-state index in [1.54, 1.807) is 51.3 Å². The fourth-order valence-electron chi connectivity index (χ4n) is 5.75. The number of ether oxygens (including phenoxy) is 4. The molecule has 1 aromatic heterocycles. The van der Waals surface area contributed by atoms with Crippen molar-refractivity contribution in [2.45, 2.75) is 46.4 Å². The minimum atomic E-state index is -0.822. The van der Waals surface area contributed by atoms with Crippen molar-refractivity contribution in [1.29, 1.82) is 0 Å². The van der Waals surface area contributed by atoms with E-state index in [1.165, 1.54) is 15.9 Å². The van der Waals surface area contributed by atoms with Gasteiger partial charge in [0, 0.05) is 0 Å². The zero-order valence-electron chi connectivity index (χ0n) is 27.6. The third kappa shape index (κ3) is 7.11. The van der Waals surface area contributed by atoms with Gasteiger partial charge in [-0.25, -0.2) is 9.79 Å². The van der Waals surface area contributed by atoms with Crippen molar-refractivity contribution in [1.82, 2.24) is 4.57 Å². The van der Waals surface area contributed by atoms with Gasteiger partial charge in [-0.15, -0.1) is 0 Å². The van der Waals surface area contributed by atoms with Gasteiger partial charge in [-0.2, -0.15) is 0 Å². The van der Waals surface area contributed by atoms with Gasteiger partial charge in [0.05, 0.1) is 51.7 Å². The molecule has 1 aliphatic heterocycles. The Hall–Kier alpha value is -4.57. The second-order valence-electron chi connectivity index (χ2n) is 11.7. The third-order valence-electron chi connectivity index (χ3n) is 7.90. The molecule has 8 nitrogen and oxygen atoms in total. The molecule has 0 unspecified atom stereocenters. The van der Waals surface area contributed by atoms with Crippen LogP contribution in [0.15, 0.2) is 93.9 Å². The highest BCUT2D eigenvalue weighted by Crippen LogP contribution is 2.37. The number of fused-ring (bicyclic) bond motifs is 2. The Bertz CT molecular complexity index is 2270. The summed E-state index contributed by atoms with van der Waals surface area (Å²) in [6, 6.07) is 22.2. The predicted molar refractivity (Wildman–Crippen MR) is 194 cm³/mol. The van der Waals surface area contributed by atoms with Crippen LogP contribution in [0.25, 0.3) is 16.8 Å². The molecule has 11 heteroatoms. The molecule has 0 saturated carbocycles. The van der Waals surface area contributed by atoms with Crippen LogP contribution in [0.1, 0.15) is 50.4 Å². The van der Waals surface area contributed by atoms with Gasteiger partial charge in [-0.05, 0) is 91.6 Å². The Morgan fingerprint density at radius 1 is 1.00 bits per heavy atom. The smallest absolute Gasteiger partial charge is 0.338 e. The maximum Gasteiger partial charge on any atom is 0.338 e. The number of benzene rings is 4. The minimum Gasteiger partial charge on any atom is -0.493 e. The van der Waals surface area contributed by atoms with Crippen molar-refractivity contribution in [2.75, 3.05) is 13.7 Å². The van der Waals surface area contributed by atoms with E-state index in [0.29, 0.717) is 53.5 Å². The van der Waals surface area contributed by atoms with E-state index in [0.717, 1.165) is 16.3 Å². The number of hydrogen-bond donors (Lipinski definition) is 0. The quantitative estimate of drug-likeness (QED) is 0.138. The summed E-state index contributed by atoms with van der Waals surface area (Å²) in [7, 11) is 1.54. The molecule has 2 heterocycles. The third-order valence-corrected chi connectivity index (χ3v) is 9.44. The van der Waals surface area contributed by atoms with Crippen molar-refractivity contribution in [2.24, 2.45) is 4.99 Å². The van der Waals surface area contributed by atoms with Gasteiger partial charge in [0.2, 0.25) is 0 Å². The molecular formula is C38H34Cl2N2O6S. The Balaban J connectivity index is 1.37. The first kappa shape index (κ1) is 34.3. The Kier molecular flexibility index (Phi) is 10.2. The summed E-state index contributed by atoms with van der Waals surface area (Å²) in [5.74, 6) is 0.815. The van der Waals surface area contributed by atoms with E-state index in [2.05, 4.69) is 17.1 Å².